The first-order valence-electron chi connectivity index (χ1n) is 9.99. The van der Waals surface area contributed by atoms with E-state index in [-0.39, 0.29) is 12.5 Å². The molecule has 0 bridgehead atoms. The maximum atomic E-state index is 12.4. The van der Waals surface area contributed by atoms with Gasteiger partial charge in [0, 0.05) is 24.8 Å². The van der Waals surface area contributed by atoms with Gasteiger partial charge in [-0.15, -0.1) is 0 Å². The molecule has 1 aliphatic rings. The summed E-state index contributed by atoms with van der Waals surface area (Å²) in [4.78, 5) is 19.3. The lowest BCUT2D eigenvalue weighted by molar-refractivity contribution is -0.118. The van der Waals surface area contributed by atoms with E-state index >= 15 is 0 Å². The lowest BCUT2D eigenvalue weighted by Crippen LogP contribution is -2.36. The Morgan fingerprint density at radius 2 is 2.06 bits per heavy atom. The van der Waals surface area contributed by atoms with Crippen LogP contribution in [0, 0.1) is 11.3 Å². The van der Waals surface area contributed by atoms with Gasteiger partial charge in [-0.2, -0.15) is 5.26 Å². The van der Waals surface area contributed by atoms with Gasteiger partial charge >= 0.3 is 0 Å². The molecule has 0 aliphatic carbocycles. The number of hydrogen-bond donors (Lipinski definition) is 1. The van der Waals surface area contributed by atoms with Gasteiger partial charge in [0.05, 0.1) is 41.7 Å². The highest BCUT2D eigenvalue weighted by Gasteiger charge is 2.16. The van der Waals surface area contributed by atoms with Gasteiger partial charge in [0.2, 0.25) is 0 Å². The predicted molar refractivity (Wildman–Crippen MR) is 119 cm³/mol. The van der Waals surface area contributed by atoms with E-state index in [0.717, 1.165) is 28.4 Å². The van der Waals surface area contributed by atoms with Crippen LogP contribution in [0.5, 0.6) is 11.5 Å². The number of hydrogen-bond acceptors (Lipinski definition) is 8. The Balaban J connectivity index is 1.40. The van der Waals surface area contributed by atoms with E-state index in [1.807, 2.05) is 25.1 Å². The molecule has 0 spiro atoms. The fraction of sp³-hybridized carbons (Fsp3) is 0.318. The lowest BCUT2D eigenvalue weighted by atomic mass is 10.2. The molecule has 9 heteroatoms. The number of rotatable bonds is 7. The van der Waals surface area contributed by atoms with Gasteiger partial charge in [-0.3, -0.25) is 4.79 Å². The van der Waals surface area contributed by atoms with Crippen molar-refractivity contribution in [1.82, 2.24) is 4.98 Å². The highest BCUT2D eigenvalue weighted by molar-refractivity contribution is 7.22. The van der Waals surface area contributed by atoms with Crippen molar-refractivity contribution in [2.45, 2.75) is 6.92 Å². The molecule has 1 saturated heterocycles. The Hall–Kier alpha value is -3.35. The van der Waals surface area contributed by atoms with Crippen LogP contribution in [0.2, 0.25) is 0 Å². The van der Waals surface area contributed by atoms with Crippen molar-refractivity contribution < 1.29 is 19.0 Å². The molecule has 1 aliphatic heterocycles. The average Bonchev–Trinajstić information content (AvgIpc) is 3.22. The molecule has 1 N–H and O–H groups in total. The number of nitriles is 1. The Bertz CT molecular complexity index is 1120. The smallest absolute Gasteiger partial charge is 0.262 e. The van der Waals surface area contributed by atoms with Crippen molar-refractivity contribution in [2.24, 2.45) is 0 Å². The first-order valence-corrected chi connectivity index (χ1v) is 10.8. The molecule has 4 rings (SSSR count). The molecular formula is C22H22N4O4S. The Labute approximate surface area is 184 Å². The quantitative estimate of drug-likeness (QED) is 0.604. The van der Waals surface area contributed by atoms with Gasteiger partial charge in [-0.25, -0.2) is 4.98 Å². The normalized spacial score (nSPS) is 13.6. The number of aromatic nitrogens is 1. The Morgan fingerprint density at radius 1 is 1.23 bits per heavy atom. The van der Waals surface area contributed by atoms with Crippen molar-refractivity contribution in [3.8, 4) is 17.6 Å². The van der Waals surface area contributed by atoms with Crippen molar-refractivity contribution in [1.29, 1.82) is 5.26 Å². The summed E-state index contributed by atoms with van der Waals surface area (Å²) in [6.45, 7) is 5.18. The monoisotopic (exact) mass is 438 g/mol. The number of anilines is 2. The third-order valence-electron chi connectivity index (χ3n) is 4.67. The summed E-state index contributed by atoms with van der Waals surface area (Å²) < 4.78 is 17.5. The minimum Gasteiger partial charge on any atom is -0.490 e. The summed E-state index contributed by atoms with van der Waals surface area (Å²) in [7, 11) is 0. The number of amides is 1. The van der Waals surface area contributed by atoms with Crippen LogP contribution in [0.4, 0.5) is 10.8 Å². The first-order chi connectivity index (χ1) is 15.2. The van der Waals surface area contributed by atoms with Crippen molar-refractivity contribution in [3.05, 3.63) is 42.0 Å². The van der Waals surface area contributed by atoms with Crippen molar-refractivity contribution in [2.75, 3.05) is 49.7 Å². The summed E-state index contributed by atoms with van der Waals surface area (Å²) in [5, 5.41) is 12.9. The van der Waals surface area contributed by atoms with Crippen LogP contribution in [0.15, 0.2) is 36.4 Å². The number of morpholine rings is 1. The maximum Gasteiger partial charge on any atom is 0.262 e. The van der Waals surface area contributed by atoms with Gasteiger partial charge in [-0.1, -0.05) is 11.3 Å². The second-order valence-electron chi connectivity index (χ2n) is 6.82. The average molecular weight is 439 g/mol. The molecule has 1 aromatic heterocycles. The fourth-order valence-corrected chi connectivity index (χ4v) is 4.24. The Kier molecular flexibility index (Phi) is 6.50. The van der Waals surface area contributed by atoms with Crippen LogP contribution in [0.1, 0.15) is 12.5 Å². The molecule has 0 unspecified atom stereocenters. The van der Waals surface area contributed by atoms with Crippen LogP contribution in [0.3, 0.4) is 0 Å². The molecule has 3 aromatic rings. The molecule has 0 atom stereocenters. The molecule has 2 heterocycles. The third kappa shape index (κ3) is 5.05. The third-order valence-corrected chi connectivity index (χ3v) is 5.75. The number of carbonyl (C=O) groups is 1. The Morgan fingerprint density at radius 3 is 2.84 bits per heavy atom. The molecule has 0 radical (unpaired) electrons. The zero-order chi connectivity index (χ0) is 21.6. The molecule has 0 saturated carbocycles. The van der Waals surface area contributed by atoms with Gasteiger partial charge in [0.1, 0.15) is 0 Å². The lowest BCUT2D eigenvalue weighted by Gasteiger charge is -2.25. The number of thiazole rings is 1. The number of nitrogens with zero attached hydrogens (tertiary/aromatic N) is 3. The van der Waals surface area contributed by atoms with Gasteiger partial charge < -0.3 is 24.4 Å². The summed E-state index contributed by atoms with van der Waals surface area (Å²) >= 11 is 1.60. The summed E-state index contributed by atoms with van der Waals surface area (Å²) in [5.41, 5.74) is 2.05. The number of nitrogens with one attached hydrogen (secondary N) is 1. The van der Waals surface area contributed by atoms with Crippen molar-refractivity contribution >= 4 is 38.3 Å². The van der Waals surface area contributed by atoms with Crippen LogP contribution >= 0.6 is 11.3 Å². The number of fused-ring (bicyclic) bond motifs is 1. The molecule has 31 heavy (non-hydrogen) atoms. The minimum atomic E-state index is -0.288. The van der Waals surface area contributed by atoms with Crippen LogP contribution < -0.4 is 19.7 Å². The predicted octanol–water partition coefficient (Wildman–Crippen LogP) is 3.42. The number of benzene rings is 2. The minimum absolute atomic E-state index is 0.175. The summed E-state index contributed by atoms with van der Waals surface area (Å²) in [6, 6.07) is 12.6. The topological polar surface area (TPSA) is 96.7 Å². The SMILES string of the molecule is CCOc1cc(C#N)ccc1OCC(=O)Nc1ccc2nc(N3CCOCC3)sc2c1. The highest BCUT2D eigenvalue weighted by Crippen LogP contribution is 2.31. The van der Waals surface area contributed by atoms with E-state index < -0.39 is 0 Å². The van der Waals surface area contributed by atoms with E-state index in [0.29, 0.717) is 42.6 Å². The zero-order valence-electron chi connectivity index (χ0n) is 17.1. The molecule has 2 aromatic carbocycles. The number of ether oxygens (including phenoxy) is 3. The van der Waals surface area contributed by atoms with Gasteiger partial charge in [0.15, 0.2) is 23.2 Å². The highest BCUT2D eigenvalue weighted by atomic mass is 32.1. The van der Waals surface area contributed by atoms with Crippen LogP contribution in [-0.4, -0.2) is 50.4 Å². The maximum absolute atomic E-state index is 12.4. The molecule has 1 fully saturated rings. The second kappa shape index (κ2) is 9.64. The first kappa shape index (κ1) is 20.9. The van der Waals surface area contributed by atoms with Gasteiger partial charge in [0.25, 0.3) is 5.91 Å². The molecule has 160 valence electrons. The molecule has 1 amide bonds. The standard InChI is InChI=1S/C22H22N4O4S/c1-2-29-19-11-15(13-23)3-6-18(19)30-14-21(27)24-16-4-5-17-20(12-16)31-22(25-17)26-7-9-28-10-8-26/h3-6,11-12H,2,7-10,14H2,1H3,(H,24,27). The zero-order valence-corrected chi connectivity index (χ0v) is 17.9. The molecular weight excluding hydrogens is 416 g/mol. The van der Waals surface area contributed by atoms with E-state index in [1.165, 1.54) is 0 Å². The summed E-state index contributed by atoms with van der Waals surface area (Å²) in [5.74, 6) is 0.573. The van der Waals surface area contributed by atoms with E-state index in [2.05, 4.69) is 21.3 Å². The fourth-order valence-electron chi connectivity index (χ4n) is 3.19. The second-order valence-corrected chi connectivity index (χ2v) is 7.83. The largest absolute Gasteiger partial charge is 0.490 e. The van der Waals surface area contributed by atoms with Crippen LogP contribution in [-0.2, 0) is 9.53 Å². The van der Waals surface area contributed by atoms with E-state index in [1.54, 1.807) is 29.5 Å². The van der Waals surface area contributed by atoms with Crippen LogP contribution in [0.25, 0.3) is 10.2 Å². The van der Waals surface area contributed by atoms with E-state index in [4.69, 9.17) is 19.5 Å². The summed E-state index contributed by atoms with van der Waals surface area (Å²) in [6.07, 6.45) is 0. The van der Waals surface area contributed by atoms with E-state index in [9.17, 15) is 4.79 Å². The van der Waals surface area contributed by atoms with Gasteiger partial charge in [-0.05, 0) is 37.3 Å². The molecule has 8 nitrogen and oxygen atoms in total. The number of carbonyl (C=O) groups excluding carboxylic acids is 1. The van der Waals surface area contributed by atoms with Crippen molar-refractivity contribution in [3.63, 3.8) is 0 Å².